The van der Waals surface area contributed by atoms with E-state index >= 15 is 0 Å². The Morgan fingerprint density at radius 2 is 1.73 bits per heavy atom. The first-order chi connectivity index (χ1) is 4.76. The second kappa shape index (κ2) is 3.22. The molecule has 0 radical (unpaired) electrons. The molecule has 0 aromatic heterocycles. The fraction of sp³-hybridized carbons (Fsp3) is 0.500. The summed E-state index contributed by atoms with van der Waals surface area (Å²) in [5.41, 5.74) is 0. The molecule has 3 nitrogen and oxygen atoms in total. The molecule has 0 fully saturated rings. The molecule has 66 valence electrons. The summed E-state index contributed by atoms with van der Waals surface area (Å²) in [6.07, 6.45) is -6.53. The van der Waals surface area contributed by atoms with E-state index in [0.717, 1.165) is 0 Å². The highest BCUT2D eigenvalue weighted by Gasteiger charge is 2.29. The van der Waals surface area contributed by atoms with Crippen molar-refractivity contribution in [3.05, 3.63) is 11.5 Å². The number of alkyl halides is 3. The molecule has 11 heavy (non-hydrogen) atoms. The molecule has 0 heterocycles. The highest BCUT2D eigenvalue weighted by molar-refractivity contribution is 7.89. The Balaban J connectivity index is 4.53. The van der Waals surface area contributed by atoms with E-state index in [4.69, 9.17) is 4.55 Å². The first-order valence-electron chi connectivity index (χ1n) is 2.35. The van der Waals surface area contributed by atoms with E-state index in [2.05, 4.69) is 6.58 Å². The normalized spacial score (nSPS) is 15.0. The van der Waals surface area contributed by atoms with Crippen LogP contribution in [0.2, 0.25) is 0 Å². The maximum atomic E-state index is 12.0. The summed E-state index contributed by atoms with van der Waals surface area (Å²) in [6.45, 7) is 2.45. The van der Waals surface area contributed by atoms with Gasteiger partial charge in [-0.2, -0.15) is 8.42 Å². The van der Waals surface area contributed by atoms with Crippen LogP contribution in [0.3, 0.4) is 0 Å². The van der Waals surface area contributed by atoms with Crippen molar-refractivity contribution in [3.8, 4) is 0 Å². The Bertz CT molecular complexity index is 245. The molecule has 1 atom stereocenters. The van der Waals surface area contributed by atoms with Crippen LogP contribution in [0.1, 0.15) is 0 Å². The Hall–Kier alpha value is -0.560. The van der Waals surface area contributed by atoms with E-state index in [9.17, 15) is 21.6 Å². The van der Waals surface area contributed by atoms with E-state index in [1.807, 2.05) is 0 Å². The summed E-state index contributed by atoms with van der Waals surface area (Å²) >= 11 is 0. The van der Waals surface area contributed by atoms with Crippen molar-refractivity contribution in [2.75, 3.05) is 0 Å². The van der Waals surface area contributed by atoms with Crippen LogP contribution < -0.4 is 0 Å². The van der Waals surface area contributed by atoms with Gasteiger partial charge in [0, 0.05) is 0 Å². The van der Waals surface area contributed by atoms with Gasteiger partial charge >= 0.3 is 0 Å². The van der Waals surface area contributed by atoms with Gasteiger partial charge in [0.1, 0.15) is 4.91 Å². The zero-order valence-corrected chi connectivity index (χ0v) is 5.98. The Morgan fingerprint density at radius 1 is 1.36 bits per heavy atom. The molecule has 0 aliphatic heterocycles. The van der Waals surface area contributed by atoms with Crippen molar-refractivity contribution < 1.29 is 26.1 Å². The van der Waals surface area contributed by atoms with Gasteiger partial charge in [0.05, 0.1) is 0 Å². The molecular weight excluding hydrogens is 185 g/mol. The first-order valence-corrected chi connectivity index (χ1v) is 3.79. The van der Waals surface area contributed by atoms with Gasteiger partial charge in [-0.1, -0.05) is 6.58 Å². The molecule has 0 aliphatic rings. The van der Waals surface area contributed by atoms with E-state index < -0.39 is 27.6 Å². The van der Waals surface area contributed by atoms with Crippen LogP contribution in [0.25, 0.3) is 0 Å². The van der Waals surface area contributed by atoms with Crippen molar-refractivity contribution in [2.24, 2.45) is 0 Å². The van der Waals surface area contributed by atoms with Crippen molar-refractivity contribution in [3.63, 3.8) is 0 Å². The van der Waals surface area contributed by atoms with Crippen LogP contribution in [-0.4, -0.2) is 25.6 Å². The largest absolute Gasteiger partial charge is 0.293 e. The minimum atomic E-state index is -4.90. The fourth-order valence-electron chi connectivity index (χ4n) is 0.283. The predicted molar refractivity (Wildman–Crippen MR) is 31.6 cm³/mol. The minimum Gasteiger partial charge on any atom is -0.282 e. The van der Waals surface area contributed by atoms with Gasteiger partial charge in [-0.25, -0.2) is 13.2 Å². The maximum Gasteiger partial charge on any atom is 0.293 e. The lowest BCUT2D eigenvalue weighted by atomic mass is 10.4. The minimum absolute atomic E-state index is 1.52. The van der Waals surface area contributed by atoms with Crippen LogP contribution in [0.5, 0.6) is 0 Å². The van der Waals surface area contributed by atoms with Gasteiger partial charge in [0.25, 0.3) is 16.5 Å². The number of allylic oxidation sites excluding steroid dienone is 1. The second-order valence-electron chi connectivity index (χ2n) is 1.68. The SMILES string of the molecule is C=C(C(F)C(F)F)S(=O)(=O)O. The summed E-state index contributed by atoms with van der Waals surface area (Å²) in [4.78, 5) is -1.52. The third kappa shape index (κ3) is 2.89. The molecule has 0 amide bonds. The molecule has 1 N–H and O–H groups in total. The summed E-state index contributed by atoms with van der Waals surface area (Å²) in [7, 11) is -4.90. The molecule has 1 unspecified atom stereocenters. The van der Waals surface area contributed by atoms with Crippen molar-refractivity contribution in [1.82, 2.24) is 0 Å². The second-order valence-corrected chi connectivity index (χ2v) is 3.15. The first kappa shape index (κ1) is 10.4. The zero-order valence-electron chi connectivity index (χ0n) is 5.17. The molecule has 0 aliphatic carbocycles. The quantitative estimate of drug-likeness (QED) is 0.675. The molecule has 0 aromatic carbocycles. The molecule has 0 rings (SSSR count). The number of hydrogen-bond acceptors (Lipinski definition) is 2. The molecule has 0 aromatic rings. The molecular formula is C4H5F3O3S. The summed E-state index contributed by atoms with van der Waals surface area (Å²) in [5.74, 6) is 0. The lowest BCUT2D eigenvalue weighted by molar-refractivity contribution is 0.0723. The van der Waals surface area contributed by atoms with Crippen LogP contribution in [0, 0.1) is 0 Å². The topological polar surface area (TPSA) is 54.4 Å². The highest BCUT2D eigenvalue weighted by Crippen LogP contribution is 2.17. The Kier molecular flexibility index (Phi) is 3.06. The highest BCUT2D eigenvalue weighted by atomic mass is 32.2. The lowest BCUT2D eigenvalue weighted by Gasteiger charge is -2.05. The number of hydrogen-bond donors (Lipinski definition) is 1. The van der Waals surface area contributed by atoms with Gasteiger partial charge < -0.3 is 0 Å². The van der Waals surface area contributed by atoms with Gasteiger partial charge in [-0.15, -0.1) is 0 Å². The van der Waals surface area contributed by atoms with Crippen LogP contribution in [-0.2, 0) is 10.1 Å². The third-order valence-corrected chi connectivity index (χ3v) is 1.75. The number of halogens is 3. The van der Waals surface area contributed by atoms with E-state index in [1.165, 1.54) is 0 Å². The van der Waals surface area contributed by atoms with Gasteiger partial charge in [-0.05, 0) is 0 Å². The van der Waals surface area contributed by atoms with E-state index in [0.29, 0.717) is 0 Å². The molecule has 0 bridgehead atoms. The molecule has 7 heteroatoms. The summed E-state index contributed by atoms with van der Waals surface area (Å²) in [5, 5.41) is 0. The molecule has 0 spiro atoms. The van der Waals surface area contributed by atoms with Gasteiger partial charge in [0.15, 0.2) is 6.17 Å². The third-order valence-electron chi connectivity index (χ3n) is 0.860. The predicted octanol–water partition coefficient (Wildman–Crippen LogP) is 0.991. The average Bonchev–Trinajstić information content (AvgIpc) is 1.82. The zero-order chi connectivity index (χ0) is 9.23. The molecule has 0 saturated heterocycles. The monoisotopic (exact) mass is 190 g/mol. The average molecular weight is 190 g/mol. The smallest absolute Gasteiger partial charge is 0.282 e. The molecule has 0 saturated carbocycles. The fourth-order valence-corrected chi connectivity index (χ4v) is 0.670. The Morgan fingerprint density at radius 3 is 1.82 bits per heavy atom. The van der Waals surface area contributed by atoms with E-state index in [-0.39, 0.29) is 0 Å². The van der Waals surface area contributed by atoms with Crippen LogP contribution in [0.4, 0.5) is 13.2 Å². The Labute approximate surface area is 61.3 Å². The van der Waals surface area contributed by atoms with Crippen molar-refractivity contribution in [1.29, 1.82) is 0 Å². The lowest BCUT2D eigenvalue weighted by Crippen LogP contribution is -2.20. The standard InChI is InChI=1S/C4H5F3O3S/c1-2(11(8,9)10)3(5)4(6)7/h3-4H,1H2,(H,8,9,10). The van der Waals surface area contributed by atoms with Crippen LogP contribution >= 0.6 is 0 Å². The van der Waals surface area contributed by atoms with Crippen LogP contribution in [0.15, 0.2) is 11.5 Å². The van der Waals surface area contributed by atoms with Gasteiger partial charge in [-0.3, -0.25) is 4.55 Å². The van der Waals surface area contributed by atoms with Crippen molar-refractivity contribution >= 4 is 10.1 Å². The number of rotatable bonds is 3. The van der Waals surface area contributed by atoms with E-state index in [1.54, 1.807) is 0 Å². The summed E-state index contributed by atoms with van der Waals surface area (Å²) < 4.78 is 62.7. The summed E-state index contributed by atoms with van der Waals surface area (Å²) in [6, 6.07) is 0. The van der Waals surface area contributed by atoms with Gasteiger partial charge in [0.2, 0.25) is 0 Å². The maximum absolute atomic E-state index is 12.0. The van der Waals surface area contributed by atoms with Crippen molar-refractivity contribution in [2.45, 2.75) is 12.6 Å².